The van der Waals surface area contributed by atoms with E-state index in [-0.39, 0.29) is 23.7 Å². The van der Waals surface area contributed by atoms with Crippen LogP contribution in [0.5, 0.6) is 5.75 Å². The third-order valence-electron chi connectivity index (χ3n) is 4.84. The molecule has 0 unspecified atom stereocenters. The number of anilines is 1. The van der Waals surface area contributed by atoms with Gasteiger partial charge in [-0.15, -0.1) is 0 Å². The fourth-order valence-electron chi connectivity index (χ4n) is 3.02. The first-order valence-electron chi connectivity index (χ1n) is 11.0. The summed E-state index contributed by atoms with van der Waals surface area (Å²) < 4.78 is 21.1. The molecule has 0 bridgehead atoms. The summed E-state index contributed by atoms with van der Waals surface area (Å²) in [5, 5.41) is 9.84. The second-order valence-corrected chi connectivity index (χ2v) is 9.94. The standard InChI is InChI=1S/C23H29N4O8PS/c1-4-34-19-7-5-17(6-8-19)11-21(23(29)30)37-20(9-10-35-36(31,32)33)15(2)27(14-28)13-18-12-25-16(3)26-22(18)24/h5-8,11-12,14H,4,9-10,13H2,1-3H3,(H,29,30)(H2,24,25,26)(H2,31,32,33)/b20-15-,21-11+. The largest absolute Gasteiger partial charge is 0.494 e. The average molecular weight is 553 g/mol. The minimum absolute atomic E-state index is 0.00410. The molecule has 5 N–H and O–H groups in total. The molecule has 2 aromatic rings. The number of phosphoric ester groups is 1. The van der Waals surface area contributed by atoms with Gasteiger partial charge in [0.1, 0.15) is 17.4 Å². The van der Waals surface area contributed by atoms with Gasteiger partial charge in [-0.25, -0.2) is 19.3 Å². The van der Waals surface area contributed by atoms with E-state index in [0.717, 1.165) is 11.8 Å². The number of hydrogen-bond donors (Lipinski definition) is 4. The second-order valence-electron chi connectivity index (χ2n) is 7.56. The van der Waals surface area contributed by atoms with Gasteiger partial charge in [-0.1, -0.05) is 23.9 Å². The molecule has 1 heterocycles. The van der Waals surface area contributed by atoms with Gasteiger partial charge in [0.05, 0.1) is 24.7 Å². The summed E-state index contributed by atoms with van der Waals surface area (Å²) >= 11 is 0.841. The summed E-state index contributed by atoms with van der Waals surface area (Å²) in [6.07, 6.45) is 3.38. The van der Waals surface area contributed by atoms with Crippen molar-refractivity contribution in [1.29, 1.82) is 0 Å². The fraction of sp³-hybridized carbons (Fsp3) is 0.304. The van der Waals surface area contributed by atoms with E-state index in [4.69, 9.17) is 20.3 Å². The molecule has 0 saturated carbocycles. The van der Waals surface area contributed by atoms with Crippen LogP contribution in [0.15, 0.2) is 46.0 Å². The third kappa shape index (κ3) is 9.98. The molecule has 2 rings (SSSR count). The van der Waals surface area contributed by atoms with Crippen molar-refractivity contribution in [2.45, 2.75) is 33.7 Å². The van der Waals surface area contributed by atoms with Crippen LogP contribution in [0, 0.1) is 6.92 Å². The molecular formula is C23H29N4O8PS. The molecule has 0 aliphatic rings. The molecule has 0 aliphatic carbocycles. The molecule has 1 amide bonds. The molecule has 1 aromatic carbocycles. The van der Waals surface area contributed by atoms with E-state index >= 15 is 0 Å². The lowest BCUT2D eigenvalue weighted by Crippen LogP contribution is -2.22. The van der Waals surface area contributed by atoms with E-state index in [1.54, 1.807) is 38.1 Å². The van der Waals surface area contributed by atoms with Crippen molar-refractivity contribution >= 4 is 43.9 Å². The van der Waals surface area contributed by atoms with Crippen molar-refractivity contribution in [3.63, 3.8) is 0 Å². The summed E-state index contributed by atoms with van der Waals surface area (Å²) in [6.45, 7) is 5.17. The van der Waals surface area contributed by atoms with Gasteiger partial charge >= 0.3 is 13.8 Å². The Morgan fingerprint density at radius 3 is 2.49 bits per heavy atom. The van der Waals surface area contributed by atoms with Crippen molar-refractivity contribution in [3.8, 4) is 5.75 Å². The molecule has 37 heavy (non-hydrogen) atoms. The predicted octanol–water partition coefficient (Wildman–Crippen LogP) is 3.31. The van der Waals surface area contributed by atoms with E-state index in [0.29, 0.717) is 46.3 Å². The van der Waals surface area contributed by atoms with Crippen LogP contribution in [0.2, 0.25) is 0 Å². The summed E-state index contributed by atoms with van der Waals surface area (Å²) in [7, 11) is -4.76. The smallest absolute Gasteiger partial charge is 0.469 e. The predicted molar refractivity (Wildman–Crippen MR) is 139 cm³/mol. The number of nitrogens with two attached hydrogens (primary N) is 1. The molecule has 0 saturated heterocycles. The van der Waals surface area contributed by atoms with Crippen molar-refractivity contribution in [1.82, 2.24) is 14.9 Å². The number of benzene rings is 1. The highest BCUT2D eigenvalue weighted by Crippen LogP contribution is 2.39. The monoisotopic (exact) mass is 552 g/mol. The van der Waals surface area contributed by atoms with Crippen molar-refractivity contribution in [2.24, 2.45) is 0 Å². The maximum absolute atomic E-state index is 12.1. The number of nitrogen functional groups attached to an aromatic ring is 1. The number of thioether (sulfide) groups is 1. The minimum atomic E-state index is -4.76. The van der Waals surface area contributed by atoms with Gasteiger partial charge in [0.25, 0.3) is 0 Å². The number of nitrogens with zero attached hydrogens (tertiary/aromatic N) is 3. The number of aryl methyl sites for hydroxylation is 1. The second kappa shape index (κ2) is 13.9. The highest BCUT2D eigenvalue weighted by molar-refractivity contribution is 8.07. The van der Waals surface area contributed by atoms with E-state index in [1.165, 1.54) is 17.2 Å². The number of ether oxygens (including phenoxy) is 1. The first kappa shape index (κ1) is 30.0. The molecule has 0 spiro atoms. The average Bonchev–Trinajstić information content (AvgIpc) is 2.82. The number of allylic oxidation sites excluding steroid dienone is 1. The van der Waals surface area contributed by atoms with Gasteiger partial charge in [0.2, 0.25) is 6.41 Å². The van der Waals surface area contributed by atoms with Crippen molar-refractivity contribution in [3.05, 3.63) is 62.9 Å². The quantitative estimate of drug-likeness (QED) is 0.152. The van der Waals surface area contributed by atoms with E-state index < -0.39 is 20.4 Å². The zero-order valence-corrected chi connectivity index (χ0v) is 22.2. The van der Waals surface area contributed by atoms with Crippen LogP contribution in [-0.2, 0) is 25.2 Å². The number of carboxylic acids is 1. The van der Waals surface area contributed by atoms with Gasteiger partial charge in [0, 0.05) is 28.8 Å². The minimum Gasteiger partial charge on any atom is -0.494 e. The summed E-state index contributed by atoms with van der Waals surface area (Å²) in [4.78, 5) is 51.8. The van der Waals surface area contributed by atoms with Crippen molar-refractivity contribution in [2.75, 3.05) is 18.9 Å². The third-order valence-corrected chi connectivity index (χ3v) is 6.62. The lowest BCUT2D eigenvalue weighted by molar-refractivity contribution is -0.131. The SMILES string of the molecule is CCOc1ccc(/C=C(/S/C(CCOP(=O)(O)O)=C(/C)N(C=O)Cc2cnc(C)nc2N)C(=O)O)cc1. The Kier molecular flexibility index (Phi) is 11.3. The lowest BCUT2D eigenvalue weighted by atomic mass is 10.2. The van der Waals surface area contributed by atoms with E-state index in [2.05, 4.69) is 14.5 Å². The number of carboxylic acid groups (broad SMARTS) is 1. The van der Waals surface area contributed by atoms with Crippen LogP contribution in [0.25, 0.3) is 6.08 Å². The van der Waals surface area contributed by atoms with Crippen LogP contribution >= 0.6 is 19.6 Å². The number of rotatable bonds is 14. The van der Waals surface area contributed by atoms with Gasteiger partial charge < -0.3 is 30.3 Å². The summed E-state index contributed by atoms with van der Waals surface area (Å²) in [6, 6.07) is 6.80. The molecule has 0 aliphatic heterocycles. The summed E-state index contributed by atoms with van der Waals surface area (Å²) in [5.41, 5.74) is 7.35. The lowest BCUT2D eigenvalue weighted by Gasteiger charge is -2.22. The molecule has 0 atom stereocenters. The molecule has 0 fully saturated rings. The van der Waals surface area contributed by atoms with E-state index in [1.807, 2.05) is 6.92 Å². The number of hydrogen-bond acceptors (Lipinski definition) is 9. The fourth-order valence-corrected chi connectivity index (χ4v) is 4.35. The number of carbonyl (C=O) groups is 2. The van der Waals surface area contributed by atoms with Crippen LogP contribution in [0.3, 0.4) is 0 Å². The Bertz CT molecular complexity index is 1210. The van der Waals surface area contributed by atoms with Gasteiger partial charge in [-0.2, -0.15) is 0 Å². The topological polar surface area (TPSA) is 185 Å². The molecule has 1 aromatic heterocycles. The number of amides is 1. The van der Waals surface area contributed by atoms with Crippen LogP contribution in [-0.4, -0.2) is 55.4 Å². The Labute approximate surface area is 218 Å². The van der Waals surface area contributed by atoms with Gasteiger partial charge in [0.15, 0.2) is 0 Å². The molecule has 0 radical (unpaired) electrons. The van der Waals surface area contributed by atoms with Gasteiger partial charge in [-0.3, -0.25) is 9.32 Å². The zero-order chi connectivity index (χ0) is 27.6. The van der Waals surface area contributed by atoms with Crippen LogP contribution in [0.4, 0.5) is 5.82 Å². The maximum Gasteiger partial charge on any atom is 0.469 e. The van der Waals surface area contributed by atoms with Crippen LogP contribution in [0.1, 0.15) is 37.2 Å². The number of carbonyl (C=O) groups excluding carboxylic acids is 1. The first-order chi connectivity index (χ1) is 17.4. The number of aromatic nitrogens is 2. The van der Waals surface area contributed by atoms with E-state index in [9.17, 15) is 19.3 Å². The molecule has 12 nitrogen and oxygen atoms in total. The highest BCUT2D eigenvalue weighted by atomic mass is 32.2. The Balaban J connectivity index is 2.42. The van der Waals surface area contributed by atoms with Crippen LogP contribution < -0.4 is 10.5 Å². The van der Waals surface area contributed by atoms with Gasteiger partial charge in [-0.05, 0) is 44.5 Å². The maximum atomic E-state index is 12.1. The number of phosphoric acid groups is 1. The molecule has 14 heteroatoms. The Morgan fingerprint density at radius 2 is 1.95 bits per heavy atom. The Hall–Kier alpha value is -3.22. The molecule has 200 valence electrons. The molecular weight excluding hydrogens is 523 g/mol. The van der Waals surface area contributed by atoms with Crippen molar-refractivity contribution < 1.29 is 38.3 Å². The Morgan fingerprint density at radius 1 is 1.27 bits per heavy atom. The normalized spacial score (nSPS) is 12.6. The zero-order valence-electron chi connectivity index (χ0n) is 20.5. The number of aliphatic carboxylic acids is 1. The highest BCUT2D eigenvalue weighted by Gasteiger charge is 2.20. The summed E-state index contributed by atoms with van der Waals surface area (Å²) in [5.74, 6) is 0.0560. The first-order valence-corrected chi connectivity index (χ1v) is 13.3.